The van der Waals surface area contributed by atoms with Gasteiger partial charge in [-0.3, -0.25) is 4.90 Å². The lowest BCUT2D eigenvalue weighted by molar-refractivity contribution is -0.0470. The highest BCUT2D eigenvalue weighted by molar-refractivity contribution is 7.88. The van der Waals surface area contributed by atoms with Gasteiger partial charge >= 0.3 is 0 Å². The van der Waals surface area contributed by atoms with Crippen LogP contribution in [0.4, 0.5) is 13.2 Å². The Balaban J connectivity index is 1.40. The second kappa shape index (κ2) is 7.10. The molecule has 28 heavy (non-hydrogen) atoms. The van der Waals surface area contributed by atoms with E-state index in [9.17, 15) is 21.6 Å². The third kappa shape index (κ3) is 3.59. The third-order valence-electron chi connectivity index (χ3n) is 5.74. The third-order valence-corrected chi connectivity index (χ3v) is 6.93. The molecule has 0 aromatic heterocycles. The first-order valence-corrected chi connectivity index (χ1v) is 10.9. The Kier molecular flexibility index (Phi) is 5.03. The summed E-state index contributed by atoms with van der Waals surface area (Å²) in [5.41, 5.74) is 8.16. The second-order valence-electron chi connectivity index (χ2n) is 7.74. The maximum atomic E-state index is 14.1. The monoisotopic (exact) mass is 417 g/mol. The minimum absolute atomic E-state index is 0.0231. The highest BCUT2D eigenvalue weighted by atomic mass is 32.2. The van der Waals surface area contributed by atoms with Gasteiger partial charge in [-0.15, -0.1) is 0 Å². The molecule has 3 atom stereocenters. The molecule has 10 heteroatoms. The van der Waals surface area contributed by atoms with Gasteiger partial charge in [0.1, 0.15) is 11.9 Å². The van der Waals surface area contributed by atoms with E-state index in [1.165, 1.54) is 10.6 Å². The van der Waals surface area contributed by atoms with E-state index in [-0.39, 0.29) is 18.2 Å². The quantitative estimate of drug-likeness (QED) is 0.590. The van der Waals surface area contributed by atoms with Crippen molar-refractivity contribution >= 4 is 10.0 Å². The molecule has 0 radical (unpaired) electrons. The molecule has 3 heterocycles. The molecule has 0 bridgehead atoms. The zero-order valence-corrected chi connectivity index (χ0v) is 16.2. The summed E-state index contributed by atoms with van der Waals surface area (Å²) in [6.45, 7) is 2.33. The van der Waals surface area contributed by atoms with E-state index >= 15 is 0 Å². The van der Waals surface area contributed by atoms with Crippen molar-refractivity contribution in [3.05, 3.63) is 46.3 Å². The number of sulfonamides is 1. The molecule has 0 amide bonds. The van der Waals surface area contributed by atoms with Crippen LogP contribution in [0.2, 0.25) is 0 Å². The van der Waals surface area contributed by atoms with Gasteiger partial charge in [0.15, 0.2) is 11.6 Å². The van der Waals surface area contributed by atoms with Crippen LogP contribution in [0.15, 0.2) is 23.3 Å². The Morgan fingerprint density at radius 1 is 1.11 bits per heavy atom. The first kappa shape index (κ1) is 19.8. The van der Waals surface area contributed by atoms with Crippen molar-refractivity contribution in [2.45, 2.75) is 24.6 Å². The van der Waals surface area contributed by atoms with Crippen LogP contribution in [-0.4, -0.2) is 68.7 Å². The summed E-state index contributed by atoms with van der Waals surface area (Å²) < 4.78 is 71.7. The van der Waals surface area contributed by atoms with Crippen molar-refractivity contribution in [3.8, 4) is 0 Å². The molecule has 3 aliphatic rings. The largest absolute Gasteiger partial charge is 0.370 e. The number of rotatable bonds is 3. The lowest BCUT2D eigenvalue weighted by Crippen LogP contribution is -2.49. The topological polar surface area (TPSA) is 75.9 Å². The molecule has 0 saturated carbocycles. The number of halogens is 3. The number of hydrogen-bond donors (Lipinski definition) is 1. The van der Waals surface area contributed by atoms with E-state index in [0.717, 1.165) is 17.2 Å². The lowest BCUT2D eigenvalue weighted by atomic mass is 9.93. The van der Waals surface area contributed by atoms with E-state index in [4.69, 9.17) is 10.5 Å². The van der Waals surface area contributed by atoms with Gasteiger partial charge in [-0.05, 0) is 23.6 Å². The van der Waals surface area contributed by atoms with Gasteiger partial charge in [0, 0.05) is 49.9 Å². The molecule has 4 rings (SSSR count). The highest BCUT2D eigenvalue weighted by Gasteiger charge is 2.40. The molecule has 0 unspecified atom stereocenters. The summed E-state index contributed by atoms with van der Waals surface area (Å²) in [4.78, 5) is 2.17. The van der Waals surface area contributed by atoms with Gasteiger partial charge in [-0.25, -0.2) is 21.6 Å². The maximum Gasteiger partial charge on any atom is 0.211 e. The highest BCUT2D eigenvalue weighted by Crippen LogP contribution is 2.35. The van der Waals surface area contributed by atoms with E-state index in [1.807, 2.05) is 0 Å². The Bertz CT molecular complexity index is 919. The van der Waals surface area contributed by atoms with Gasteiger partial charge in [-0.2, -0.15) is 4.31 Å². The summed E-state index contributed by atoms with van der Waals surface area (Å²) in [6, 6.07) is 0.782. The van der Waals surface area contributed by atoms with Crippen molar-refractivity contribution in [2.75, 3.05) is 39.0 Å². The molecule has 154 valence electrons. The van der Waals surface area contributed by atoms with Crippen LogP contribution < -0.4 is 5.73 Å². The Hall–Kier alpha value is -1.46. The standard InChI is InChI=1S/C18H22F3N3O3S/c1-28(25,26)24-7-10-5-23(6-11(10)8-24)13-4-16(22)18(27-9-13)14-2-12(19)3-15(20)17(14)21/h2-3,13,16,18H,4-9,22H2,1H3/t13-,16+,18-/m1/s1. The van der Waals surface area contributed by atoms with Crippen molar-refractivity contribution < 1.29 is 26.3 Å². The number of hydrogen-bond acceptors (Lipinski definition) is 5. The fraction of sp³-hybridized carbons (Fsp3) is 0.556. The SMILES string of the molecule is CS(=O)(=O)N1CC2=C(CN([C@H]3CO[C@H](c4cc(F)cc(F)c4F)[C@@H](N)C3)C2)C1. The Morgan fingerprint density at radius 2 is 1.75 bits per heavy atom. The predicted octanol–water partition coefficient (Wildman–Crippen LogP) is 1.15. The minimum atomic E-state index is -3.21. The van der Waals surface area contributed by atoms with Gasteiger partial charge < -0.3 is 10.5 Å². The number of ether oxygens (including phenoxy) is 1. The molecule has 1 aromatic rings. The van der Waals surface area contributed by atoms with Crippen LogP contribution in [0.25, 0.3) is 0 Å². The molecule has 1 fully saturated rings. The van der Waals surface area contributed by atoms with Crippen molar-refractivity contribution in [1.82, 2.24) is 9.21 Å². The van der Waals surface area contributed by atoms with Crippen molar-refractivity contribution in [3.63, 3.8) is 0 Å². The number of nitrogens with two attached hydrogens (primary N) is 1. The smallest absolute Gasteiger partial charge is 0.211 e. The zero-order chi connectivity index (χ0) is 20.2. The van der Waals surface area contributed by atoms with E-state index in [2.05, 4.69) is 4.90 Å². The number of benzene rings is 1. The predicted molar refractivity (Wildman–Crippen MR) is 96.4 cm³/mol. The zero-order valence-electron chi connectivity index (χ0n) is 15.4. The fourth-order valence-corrected chi connectivity index (χ4v) is 5.05. The van der Waals surface area contributed by atoms with Crippen LogP contribution in [0, 0.1) is 17.5 Å². The van der Waals surface area contributed by atoms with Gasteiger partial charge in [0.25, 0.3) is 0 Å². The molecule has 1 aromatic carbocycles. The van der Waals surface area contributed by atoms with E-state index in [1.54, 1.807) is 0 Å². The summed E-state index contributed by atoms with van der Waals surface area (Å²) >= 11 is 0. The van der Waals surface area contributed by atoms with Gasteiger partial charge in [0.2, 0.25) is 10.0 Å². The summed E-state index contributed by atoms with van der Waals surface area (Å²) in [5.74, 6) is -3.27. The number of nitrogens with zero attached hydrogens (tertiary/aromatic N) is 2. The minimum Gasteiger partial charge on any atom is -0.370 e. The molecule has 2 N–H and O–H groups in total. The first-order valence-electron chi connectivity index (χ1n) is 9.04. The summed E-state index contributed by atoms with van der Waals surface area (Å²) in [6.07, 6.45) is 0.776. The van der Waals surface area contributed by atoms with Gasteiger partial charge in [-0.1, -0.05) is 0 Å². The van der Waals surface area contributed by atoms with Crippen LogP contribution in [-0.2, 0) is 14.8 Å². The summed E-state index contributed by atoms with van der Waals surface area (Å²) in [5, 5.41) is 0. The van der Waals surface area contributed by atoms with Crippen LogP contribution >= 0.6 is 0 Å². The van der Waals surface area contributed by atoms with Crippen LogP contribution in [0.3, 0.4) is 0 Å². The van der Waals surface area contributed by atoms with E-state index in [0.29, 0.717) is 38.7 Å². The lowest BCUT2D eigenvalue weighted by Gasteiger charge is -2.39. The molecule has 0 aliphatic carbocycles. The molecule has 0 spiro atoms. The summed E-state index contributed by atoms with van der Waals surface area (Å²) in [7, 11) is -3.21. The normalized spacial score (nSPS) is 29.5. The maximum absolute atomic E-state index is 14.1. The van der Waals surface area contributed by atoms with Crippen molar-refractivity contribution in [2.24, 2.45) is 5.73 Å². The van der Waals surface area contributed by atoms with Crippen LogP contribution in [0.5, 0.6) is 0 Å². The fourth-order valence-electron chi connectivity index (χ4n) is 4.27. The second-order valence-corrected chi connectivity index (χ2v) is 9.72. The van der Waals surface area contributed by atoms with E-state index < -0.39 is 39.6 Å². The van der Waals surface area contributed by atoms with Crippen molar-refractivity contribution in [1.29, 1.82) is 0 Å². The first-order chi connectivity index (χ1) is 13.1. The average Bonchev–Trinajstić information content (AvgIpc) is 3.17. The molecule has 6 nitrogen and oxygen atoms in total. The van der Waals surface area contributed by atoms with Crippen LogP contribution in [0.1, 0.15) is 18.1 Å². The molecular formula is C18H22F3N3O3S. The Morgan fingerprint density at radius 3 is 2.32 bits per heavy atom. The molecule has 1 saturated heterocycles. The molecule has 3 aliphatic heterocycles. The molecular weight excluding hydrogens is 395 g/mol. The Labute approximate surface area is 161 Å². The average molecular weight is 417 g/mol. The van der Waals surface area contributed by atoms with Gasteiger partial charge in [0.05, 0.1) is 12.9 Å².